The number of nitrogens with zero attached hydrogens (tertiary/aromatic N) is 3. The van der Waals surface area contributed by atoms with Crippen LogP contribution in [0.25, 0.3) is 0 Å². The summed E-state index contributed by atoms with van der Waals surface area (Å²) in [6.45, 7) is 2.06. The van der Waals surface area contributed by atoms with Crippen molar-refractivity contribution in [3.05, 3.63) is 6.07 Å². The average molecular weight is 215 g/mol. The second-order valence-electron chi connectivity index (χ2n) is 3.60. The third-order valence-electron chi connectivity index (χ3n) is 1.96. The van der Waals surface area contributed by atoms with Gasteiger partial charge in [-0.3, -0.25) is 0 Å². The molecule has 0 aliphatic rings. The molecule has 4 nitrogen and oxygen atoms in total. The zero-order chi connectivity index (χ0) is 10.6. The van der Waals surface area contributed by atoms with Gasteiger partial charge in [-0.25, -0.2) is 0 Å². The molecule has 0 spiro atoms. The van der Waals surface area contributed by atoms with Gasteiger partial charge in [0.05, 0.1) is 0 Å². The van der Waals surface area contributed by atoms with Gasteiger partial charge in [0.2, 0.25) is 5.88 Å². The lowest BCUT2D eigenvalue weighted by Gasteiger charge is -2.17. The summed E-state index contributed by atoms with van der Waals surface area (Å²) in [5, 5.41) is 10.1. The third-order valence-corrected chi connectivity index (χ3v) is 2.86. The molecule has 0 fully saturated rings. The standard InChI is InChI=1S/C9H17N3OS/c1-11(2)5-4-6-12(3)9-7-8(13)10-14-9/h7H,4-6H2,1-3H3,(H,10,13). The van der Waals surface area contributed by atoms with Crippen LogP contribution < -0.4 is 4.90 Å². The van der Waals surface area contributed by atoms with Crippen LogP contribution in [-0.4, -0.2) is 48.6 Å². The monoisotopic (exact) mass is 215 g/mol. The molecule has 0 bridgehead atoms. The minimum Gasteiger partial charge on any atom is -0.493 e. The van der Waals surface area contributed by atoms with Crippen LogP contribution in [0, 0.1) is 0 Å². The van der Waals surface area contributed by atoms with E-state index in [-0.39, 0.29) is 5.88 Å². The Balaban J connectivity index is 2.32. The first-order chi connectivity index (χ1) is 6.59. The minimum atomic E-state index is 0.115. The quantitative estimate of drug-likeness (QED) is 0.802. The van der Waals surface area contributed by atoms with Crippen molar-refractivity contribution in [2.75, 3.05) is 39.1 Å². The highest BCUT2D eigenvalue weighted by molar-refractivity contribution is 7.10. The fraction of sp³-hybridized carbons (Fsp3) is 0.667. The molecular formula is C9H17N3OS. The van der Waals surface area contributed by atoms with E-state index in [1.165, 1.54) is 11.5 Å². The lowest BCUT2D eigenvalue weighted by Crippen LogP contribution is -2.22. The molecule has 1 N–H and O–H groups in total. The van der Waals surface area contributed by atoms with Crippen LogP contribution in [0.2, 0.25) is 0 Å². The maximum atomic E-state index is 9.08. The lowest BCUT2D eigenvalue weighted by atomic mass is 10.4. The first-order valence-electron chi connectivity index (χ1n) is 4.61. The maximum Gasteiger partial charge on any atom is 0.224 e. The van der Waals surface area contributed by atoms with Crippen molar-refractivity contribution in [3.63, 3.8) is 0 Å². The predicted molar refractivity (Wildman–Crippen MR) is 60.2 cm³/mol. The summed E-state index contributed by atoms with van der Waals surface area (Å²) in [4.78, 5) is 4.28. The molecule has 80 valence electrons. The van der Waals surface area contributed by atoms with Gasteiger partial charge in [0.15, 0.2) is 0 Å². The average Bonchev–Trinajstić information content (AvgIpc) is 2.51. The van der Waals surface area contributed by atoms with E-state index in [0.29, 0.717) is 0 Å². The molecule has 1 aromatic rings. The van der Waals surface area contributed by atoms with Crippen molar-refractivity contribution in [1.82, 2.24) is 9.27 Å². The first kappa shape index (κ1) is 11.3. The Morgan fingerprint density at radius 3 is 2.57 bits per heavy atom. The number of aromatic nitrogens is 1. The highest BCUT2D eigenvalue weighted by Gasteiger charge is 2.05. The van der Waals surface area contributed by atoms with Crippen molar-refractivity contribution in [2.24, 2.45) is 0 Å². The molecule has 0 aliphatic heterocycles. The van der Waals surface area contributed by atoms with Crippen LogP contribution in [0.15, 0.2) is 6.07 Å². The van der Waals surface area contributed by atoms with E-state index < -0.39 is 0 Å². The summed E-state index contributed by atoms with van der Waals surface area (Å²) >= 11 is 1.33. The van der Waals surface area contributed by atoms with E-state index in [4.69, 9.17) is 5.11 Å². The van der Waals surface area contributed by atoms with Gasteiger partial charge in [-0.2, -0.15) is 4.37 Å². The Morgan fingerprint density at radius 1 is 1.36 bits per heavy atom. The number of rotatable bonds is 5. The van der Waals surface area contributed by atoms with Gasteiger partial charge in [0.1, 0.15) is 5.00 Å². The zero-order valence-electron chi connectivity index (χ0n) is 8.90. The van der Waals surface area contributed by atoms with Gasteiger partial charge < -0.3 is 14.9 Å². The molecule has 1 heterocycles. The maximum absolute atomic E-state index is 9.08. The molecular weight excluding hydrogens is 198 g/mol. The Bertz CT molecular complexity index is 275. The van der Waals surface area contributed by atoms with Gasteiger partial charge in [0.25, 0.3) is 0 Å². The highest BCUT2D eigenvalue weighted by atomic mass is 32.1. The van der Waals surface area contributed by atoms with E-state index >= 15 is 0 Å². The third kappa shape index (κ3) is 3.51. The summed E-state index contributed by atoms with van der Waals surface area (Å²) in [7, 11) is 6.15. The minimum absolute atomic E-state index is 0.115. The second-order valence-corrected chi connectivity index (χ2v) is 4.39. The SMILES string of the molecule is CN(C)CCCN(C)c1cc(O)ns1. The number of hydrogen-bond donors (Lipinski definition) is 1. The number of anilines is 1. The molecule has 0 amide bonds. The van der Waals surface area contributed by atoms with Gasteiger partial charge in [0, 0.05) is 19.7 Å². The molecule has 1 aromatic heterocycles. The molecule has 0 aromatic carbocycles. The highest BCUT2D eigenvalue weighted by Crippen LogP contribution is 2.23. The Hall–Kier alpha value is -0.810. The summed E-state index contributed by atoms with van der Waals surface area (Å²) in [6, 6.07) is 1.69. The van der Waals surface area contributed by atoms with Crippen molar-refractivity contribution in [2.45, 2.75) is 6.42 Å². The molecule has 0 radical (unpaired) electrons. The van der Waals surface area contributed by atoms with Crippen molar-refractivity contribution in [3.8, 4) is 5.88 Å². The van der Waals surface area contributed by atoms with Gasteiger partial charge in [-0.1, -0.05) is 0 Å². The molecule has 0 atom stereocenters. The molecule has 5 heteroatoms. The van der Waals surface area contributed by atoms with E-state index in [9.17, 15) is 0 Å². The van der Waals surface area contributed by atoms with Gasteiger partial charge in [-0.15, -0.1) is 0 Å². The van der Waals surface area contributed by atoms with Crippen LogP contribution in [0.3, 0.4) is 0 Å². The smallest absolute Gasteiger partial charge is 0.224 e. The molecule has 0 saturated carbocycles. The lowest BCUT2D eigenvalue weighted by molar-refractivity contribution is 0.402. The van der Waals surface area contributed by atoms with Gasteiger partial charge in [-0.05, 0) is 38.6 Å². The molecule has 0 saturated heterocycles. The van der Waals surface area contributed by atoms with E-state index in [1.807, 2.05) is 7.05 Å². The van der Waals surface area contributed by atoms with Crippen LogP contribution in [0.4, 0.5) is 5.00 Å². The summed E-state index contributed by atoms with van der Waals surface area (Å²) in [5.74, 6) is 0.115. The molecule has 0 aliphatic carbocycles. The summed E-state index contributed by atoms with van der Waals surface area (Å²) in [5.41, 5.74) is 0. The van der Waals surface area contributed by atoms with Gasteiger partial charge >= 0.3 is 0 Å². The van der Waals surface area contributed by atoms with Crippen LogP contribution in [0.1, 0.15) is 6.42 Å². The molecule has 14 heavy (non-hydrogen) atoms. The van der Waals surface area contributed by atoms with E-state index in [2.05, 4.69) is 28.3 Å². The second kappa shape index (κ2) is 5.17. The Labute approximate surface area is 88.9 Å². The predicted octanol–water partition coefficient (Wildman–Crippen LogP) is 1.24. The fourth-order valence-electron chi connectivity index (χ4n) is 1.17. The van der Waals surface area contributed by atoms with E-state index in [1.54, 1.807) is 6.07 Å². The van der Waals surface area contributed by atoms with Crippen molar-refractivity contribution >= 4 is 16.5 Å². The number of hydrogen-bond acceptors (Lipinski definition) is 5. The summed E-state index contributed by atoms with van der Waals surface area (Å²) in [6.07, 6.45) is 1.11. The van der Waals surface area contributed by atoms with Crippen molar-refractivity contribution in [1.29, 1.82) is 0 Å². The molecule has 1 rings (SSSR count). The number of aromatic hydroxyl groups is 1. The largest absolute Gasteiger partial charge is 0.493 e. The normalized spacial score (nSPS) is 10.9. The van der Waals surface area contributed by atoms with E-state index in [0.717, 1.165) is 24.5 Å². The topological polar surface area (TPSA) is 39.6 Å². The van der Waals surface area contributed by atoms with Crippen LogP contribution >= 0.6 is 11.5 Å². The zero-order valence-corrected chi connectivity index (χ0v) is 9.71. The fourth-order valence-corrected chi connectivity index (χ4v) is 1.80. The van der Waals surface area contributed by atoms with Crippen LogP contribution in [0.5, 0.6) is 5.88 Å². The van der Waals surface area contributed by atoms with Crippen LogP contribution in [-0.2, 0) is 0 Å². The first-order valence-corrected chi connectivity index (χ1v) is 5.38. The van der Waals surface area contributed by atoms with Crippen molar-refractivity contribution < 1.29 is 5.11 Å². The Kier molecular flexibility index (Phi) is 4.16. The summed E-state index contributed by atoms with van der Waals surface area (Å²) < 4.78 is 3.83. The molecule has 0 unspecified atom stereocenters. The Morgan fingerprint density at radius 2 is 2.07 bits per heavy atom.